The second kappa shape index (κ2) is 13.2. The highest BCUT2D eigenvalue weighted by Gasteiger charge is 2.47. The average molecular weight is 525 g/mol. The van der Waals surface area contributed by atoms with Crippen molar-refractivity contribution in [1.29, 1.82) is 0 Å². The number of carbonyl (C=O) groups is 6. The fraction of sp³-hybridized carbons (Fsp3) is 0.333. The first-order valence-electron chi connectivity index (χ1n) is 11.9. The van der Waals surface area contributed by atoms with E-state index in [1.54, 1.807) is 44.2 Å². The highest BCUT2D eigenvalue weighted by molar-refractivity contribution is 6.18. The quantitative estimate of drug-likeness (QED) is 0.172. The van der Waals surface area contributed by atoms with Crippen LogP contribution < -0.4 is 16.4 Å². The molecule has 0 saturated carbocycles. The predicted octanol–water partition coefficient (Wildman–Crippen LogP) is 1.37. The lowest BCUT2D eigenvalue weighted by atomic mass is 9.79. The van der Waals surface area contributed by atoms with Crippen molar-refractivity contribution in [3.63, 3.8) is 0 Å². The molecule has 38 heavy (non-hydrogen) atoms. The number of carbonyl (C=O) groups excluding carboxylic acids is 5. The third-order valence-electron chi connectivity index (χ3n) is 5.85. The van der Waals surface area contributed by atoms with Gasteiger partial charge in [0.1, 0.15) is 6.29 Å². The summed E-state index contributed by atoms with van der Waals surface area (Å²) in [6, 6.07) is 13.3. The number of aldehydes is 1. The lowest BCUT2D eigenvalue weighted by molar-refractivity contribution is -0.142. The molecular formula is C27H32N4O7. The van der Waals surface area contributed by atoms with Gasteiger partial charge in [-0.3, -0.25) is 24.0 Å². The summed E-state index contributed by atoms with van der Waals surface area (Å²) in [5, 5.41) is 13.8. The SMILES string of the molecule is CC(=O)Nc1ccc(C(=O)[C@](N)(C(=O)N(CC(=O)N[C@H](C=O)CC(=O)O)Cc2ccccc2)C(C)C)cc1. The molecule has 3 amide bonds. The number of aliphatic carboxylic acids is 1. The Morgan fingerprint density at radius 1 is 1.03 bits per heavy atom. The van der Waals surface area contributed by atoms with Crippen LogP contribution >= 0.6 is 0 Å². The molecule has 0 radical (unpaired) electrons. The second-order valence-corrected chi connectivity index (χ2v) is 9.17. The molecule has 2 aromatic rings. The minimum Gasteiger partial charge on any atom is -0.481 e. The number of ketones is 1. The van der Waals surface area contributed by atoms with Crippen LogP contribution in [0.3, 0.4) is 0 Å². The molecule has 0 aliphatic rings. The van der Waals surface area contributed by atoms with Crippen molar-refractivity contribution in [3.8, 4) is 0 Å². The molecule has 0 aromatic heterocycles. The molecule has 2 aromatic carbocycles. The molecule has 0 aliphatic heterocycles. The molecule has 0 heterocycles. The van der Waals surface area contributed by atoms with E-state index in [-0.39, 0.29) is 18.0 Å². The highest BCUT2D eigenvalue weighted by Crippen LogP contribution is 2.25. The van der Waals surface area contributed by atoms with Crippen LogP contribution in [-0.2, 0) is 30.5 Å². The summed E-state index contributed by atoms with van der Waals surface area (Å²) in [7, 11) is 0. The predicted molar refractivity (Wildman–Crippen MR) is 139 cm³/mol. The summed E-state index contributed by atoms with van der Waals surface area (Å²) in [5.74, 6) is -4.54. The standard InChI is InChI=1S/C27H32N4O7/c1-17(2)27(28,25(37)20-9-11-21(12-10-20)29-18(3)33)26(38)31(14-19-7-5-4-6-8-19)15-23(34)30-22(16-32)13-24(35)36/h4-12,16-17,22H,13-15,28H2,1-3H3,(H,29,33)(H,30,34)(H,35,36)/t22-,27-/m0/s1. The fourth-order valence-corrected chi connectivity index (χ4v) is 3.77. The number of nitrogens with two attached hydrogens (primary N) is 1. The van der Waals surface area contributed by atoms with Crippen LogP contribution in [0.2, 0.25) is 0 Å². The Bertz CT molecular complexity index is 1180. The number of benzene rings is 2. The van der Waals surface area contributed by atoms with Gasteiger partial charge in [0, 0.05) is 24.7 Å². The summed E-state index contributed by atoms with van der Waals surface area (Å²) in [5.41, 5.74) is 5.72. The fourth-order valence-electron chi connectivity index (χ4n) is 3.77. The topological polar surface area (TPSA) is 176 Å². The van der Waals surface area contributed by atoms with E-state index in [0.29, 0.717) is 17.5 Å². The van der Waals surface area contributed by atoms with E-state index in [2.05, 4.69) is 10.6 Å². The van der Waals surface area contributed by atoms with Crippen molar-refractivity contribution in [2.75, 3.05) is 11.9 Å². The zero-order valence-electron chi connectivity index (χ0n) is 21.5. The number of carboxylic acid groups (broad SMARTS) is 1. The second-order valence-electron chi connectivity index (χ2n) is 9.17. The minimum absolute atomic E-state index is 0.0712. The number of nitrogens with one attached hydrogen (secondary N) is 2. The van der Waals surface area contributed by atoms with Crippen molar-refractivity contribution < 1.29 is 33.9 Å². The van der Waals surface area contributed by atoms with E-state index in [4.69, 9.17) is 10.8 Å². The van der Waals surface area contributed by atoms with E-state index in [9.17, 15) is 28.8 Å². The number of Topliss-reactive ketones (excluding diaryl/α,β-unsaturated/α-hetero) is 1. The number of rotatable bonds is 13. The molecule has 0 bridgehead atoms. The number of anilines is 1. The summed E-state index contributed by atoms with van der Waals surface area (Å²) < 4.78 is 0. The van der Waals surface area contributed by atoms with Gasteiger partial charge in [-0.05, 0) is 35.7 Å². The Morgan fingerprint density at radius 2 is 1.63 bits per heavy atom. The summed E-state index contributed by atoms with van der Waals surface area (Å²) in [6.45, 7) is 3.92. The van der Waals surface area contributed by atoms with Gasteiger partial charge in [-0.2, -0.15) is 0 Å². The summed E-state index contributed by atoms with van der Waals surface area (Å²) >= 11 is 0. The Kier molecular flexibility index (Phi) is 10.4. The molecular weight excluding hydrogens is 492 g/mol. The zero-order valence-corrected chi connectivity index (χ0v) is 21.5. The minimum atomic E-state index is -2.06. The Balaban J connectivity index is 2.40. The number of hydrogen-bond donors (Lipinski definition) is 4. The molecule has 0 aliphatic carbocycles. The summed E-state index contributed by atoms with van der Waals surface area (Å²) in [6.07, 6.45) is -0.327. The van der Waals surface area contributed by atoms with Crippen molar-refractivity contribution in [2.45, 2.75) is 45.3 Å². The zero-order chi connectivity index (χ0) is 28.5. The third-order valence-corrected chi connectivity index (χ3v) is 5.85. The molecule has 11 nitrogen and oxygen atoms in total. The van der Waals surface area contributed by atoms with Gasteiger partial charge in [0.25, 0.3) is 5.91 Å². The van der Waals surface area contributed by atoms with Crippen molar-refractivity contribution in [2.24, 2.45) is 11.7 Å². The van der Waals surface area contributed by atoms with Crippen LogP contribution in [-0.4, -0.2) is 63.9 Å². The maximum atomic E-state index is 13.9. The number of hydrogen-bond acceptors (Lipinski definition) is 7. The molecule has 0 saturated heterocycles. The molecule has 5 N–H and O–H groups in total. The van der Waals surface area contributed by atoms with E-state index < -0.39 is 54.0 Å². The first-order valence-corrected chi connectivity index (χ1v) is 11.9. The lowest BCUT2D eigenvalue weighted by Gasteiger charge is -2.36. The van der Waals surface area contributed by atoms with Crippen LogP contribution in [0.25, 0.3) is 0 Å². The Morgan fingerprint density at radius 3 is 2.13 bits per heavy atom. The van der Waals surface area contributed by atoms with E-state index in [0.717, 1.165) is 4.90 Å². The molecule has 2 atom stereocenters. The van der Waals surface area contributed by atoms with Crippen LogP contribution in [0.1, 0.15) is 43.1 Å². The lowest BCUT2D eigenvalue weighted by Crippen LogP contribution is -2.64. The van der Waals surface area contributed by atoms with Gasteiger partial charge in [-0.15, -0.1) is 0 Å². The van der Waals surface area contributed by atoms with Crippen LogP contribution in [0.5, 0.6) is 0 Å². The van der Waals surface area contributed by atoms with Crippen molar-refractivity contribution >= 4 is 41.4 Å². The van der Waals surface area contributed by atoms with Gasteiger partial charge in [0.05, 0.1) is 19.0 Å². The van der Waals surface area contributed by atoms with E-state index in [1.807, 2.05) is 0 Å². The maximum Gasteiger partial charge on any atom is 0.305 e. The molecule has 0 fully saturated rings. The van der Waals surface area contributed by atoms with Crippen LogP contribution in [0.15, 0.2) is 54.6 Å². The molecule has 202 valence electrons. The van der Waals surface area contributed by atoms with E-state index in [1.165, 1.54) is 31.2 Å². The first kappa shape index (κ1) is 29.8. The summed E-state index contributed by atoms with van der Waals surface area (Å²) in [4.78, 5) is 74.8. The van der Waals surface area contributed by atoms with Crippen LogP contribution in [0, 0.1) is 5.92 Å². The van der Waals surface area contributed by atoms with Gasteiger partial charge < -0.3 is 31.2 Å². The maximum absolute atomic E-state index is 13.9. The van der Waals surface area contributed by atoms with Gasteiger partial charge in [-0.25, -0.2) is 0 Å². The number of nitrogens with zero attached hydrogens (tertiary/aromatic N) is 1. The van der Waals surface area contributed by atoms with Crippen molar-refractivity contribution in [3.05, 3.63) is 65.7 Å². The monoisotopic (exact) mass is 524 g/mol. The molecule has 0 spiro atoms. The Labute approximate surface area is 220 Å². The van der Waals surface area contributed by atoms with Crippen LogP contribution in [0.4, 0.5) is 5.69 Å². The van der Waals surface area contributed by atoms with E-state index >= 15 is 0 Å². The smallest absolute Gasteiger partial charge is 0.305 e. The average Bonchev–Trinajstić information content (AvgIpc) is 2.86. The number of carboxylic acids is 1. The molecule has 11 heteroatoms. The normalized spacial score (nSPS) is 13.1. The third kappa shape index (κ3) is 7.81. The van der Waals surface area contributed by atoms with Gasteiger partial charge in [0.15, 0.2) is 11.3 Å². The van der Waals surface area contributed by atoms with Gasteiger partial charge in [0.2, 0.25) is 11.8 Å². The van der Waals surface area contributed by atoms with Gasteiger partial charge >= 0.3 is 5.97 Å². The van der Waals surface area contributed by atoms with Crippen molar-refractivity contribution in [1.82, 2.24) is 10.2 Å². The molecule has 2 rings (SSSR count). The Hall–Kier alpha value is -4.38. The highest BCUT2D eigenvalue weighted by atomic mass is 16.4. The largest absolute Gasteiger partial charge is 0.481 e. The van der Waals surface area contributed by atoms with Gasteiger partial charge in [-0.1, -0.05) is 44.2 Å². The first-order chi connectivity index (χ1) is 17.9. The molecule has 0 unspecified atom stereocenters. The number of amides is 3.